The van der Waals surface area contributed by atoms with Crippen LogP contribution < -0.4 is 5.32 Å². The maximum Gasteiger partial charge on any atom is 0.327 e. The van der Waals surface area contributed by atoms with Crippen molar-refractivity contribution in [3.8, 4) is 0 Å². The number of hydrogen-bond donors (Lipinski definition) is 1. The molecule has 0 radical (unpaired) electrons. The van der Waals surface area contributed by atoms with Crippen molar-refractivity contribution in [1.29, 1.82) is 0 Å². The Balaban J connectivity index is 2.17. The number of methoxy groups -OCH3 is 1. The molecule has 1 N–H and O–H groups in total. The number of rotatable bonds is 5. The monoisotopic (exact) mass is 269 g/mol. The Bertz CT molecular complexity index is 566. The van der Waals surface area contributed by atoms with Crippen LogP contribution in [0.5, 0.6) is 0 Å². The van der Waals surface area contributed by atoms with Gasteiger partial charge in [-0.25, -0.2) is 4.79 Å². The maximum absolute atomic E-state index is 12.0. The van der Waals surface area contributed by atoms with Gasteiger partial charge >= 0.3 is 5.97 Å². The summed E-state index contributed by atoms with van der Waals surface area (Å²) in [6.07, 6.45) is 0. The molecular formula is C17H19NO2. The molecule has 0 saturated heterocycles. The Morgan fingerprint density at radius 3 is 2.40 bits per heavy atom. The Morgan fingerprint density at radius 1 is 1.10 bits per heavy atom. The minimum atomic E-state index is -0.443. The molecule has 0 aliphatic carbocycles. The number of hydrogen-bond acceptors (Lipinski definition) is 3. The van der Waals surface area contributed by atoms with Crippen LogP contribution in [-0.4, -0.2) is 13.1 Å². The van der Waals surface area contributed by atoms with Crippen molar-refractivity contribution in [3.63, 3.8) is 0 Å². The summed E-state index contributed by atoms with van der Waals surface area (Å²) < 4.78 is 4.91. The summed E-state index contributed by atoms with van der Waals surface area (Å²) in [5.74, 6) is -0.268. The van der Waals surface area contributed by atoms with Gasteiger partial charge in [-0.2, -0.15) is 0 Å². The molecule has 0 aromatic heterocycles. The first kappa shape index (κ1) is 14.3. The summed E-state index contributed by atoms with van der Waals surface area (Å²) in [5, 5.41) is 3.27. The first-order valence-corrected chi connectivity index (χ1v) is 6.63. The fourth-order valence-corrected chi connectivity index (χ4v) is 2.16. The molecule has 2 rings (SSSR count). The van der Waals surface area contributed by atoms with E-state index in [0.717, 1.165) is 16.7 Å². The van der Waals surface area contributed by atoms with Crippen LogP contribution in [0.4, 0.5) is 0 Å². The van der Waals surface area contributed by atoms with E-state index in [1.54, 1.807) is 0 Å². The van der Waals surface area contributed by atoms with Gasteiger partial charge in [-0.3, -0.25) is 5.32 Å². The molecule has 2 aromatic rings. The number of aryl methyl sites for hydroxylation is 1. The highest BCUT2D eigenvalue weighted by atomic mass is 16.5. The van der Waals surface area contributed by atoms with E-state index < -0.39 is 6.04 Å². The number of carbonyl (C=O) groups is 1. The SMILES string of the molecule is COC(=O)C(NCc1ccccc1)c1ccccc1C. The normalized spacial score (nSPS) is 11.9. The van der Waals surface area contributed by atoms with Crippen LogP contribution in [0.15, 0.2) is 54.6 Å². The van der Waals surface area contributed by atoms with Crippen LogP contribution in [0.2, 0.25) is 0 Å². The minimum absolute atomic E-state index is 0.268. The largest absolute Gasteiger partial charge is 0.468 e. The molecule has 0 aliphatic heterocycles. The van der Waals surface area contributed by atoms with E-state index in [2.05, 4.69) is 5.32 Å². The molecule has 2 aromatic carbocycles. The minimum Gasteiger partial charge on any atom is -0.468 e. The lowest BCUT2D eigenvalue weighted by Crippen LogP contribution is -2.29. The van der Waals surface area contributed by atoms with Crippen LogP contribution in [0, 0.1) is 6.92 Å². The smallest absolute Gasteiger partial charge is 0.327 e. The molecule has 1 unspecified atom stereocenters. The average molecular weight is 269 g/mol. The Labute approximate surface area is 119 Å². The van der Waals surface area contributed by atoms with Crippen LogP contribution >= 0.6 is 0 Å². The molecular weight excluding hydrogens is 250 g/mol. The summed E-state index contributed by atoms with van der Waals surface area (Å²) in [6.45, 7) is 2.62. The van der Waals surface area contributed by atoms with E-state index >= 15 is 0 Å². The van der Waals surface area contributed by atoms with E-state index in [1.165, 1.54) is 7.11 Å². The third-order valence-corrected chi connectivity index (χ3v) is 3.29. The molecule has 0 fully saturated rings. The summed E-state index contributed by atoms with van der Waals surface area (Å²) in [5.41, 5.74) is 3.16. The van der Waals surface area contributed by atoms with Gasteiger partial charge in [-0.05, 0) is 23.6 Å². The molecule has 3 nitrogen and oxygen atoms in total. The molecule has 104 valence electrons. The van der Waals surface area contributed by atoms with Gasteiger partial charge in [0.1, 0.15) is 6.04 Å². The van der Waals surface area contributed by atoms with Crippen molar-refractivity contribution in [2.45, 2.75) is 19.5 Å². The fraction of sp³-hybridized carbons (Fsp3) is 0.235. The van der Waals surface area contributed by atoms with Gasteiger partial charge in [0.2, 0.25) is 0 Å². The van der Waals surface area contributed by atoms with Gasteiger partial charge in [0.15, 0.2) is 0 Å². The predicted molar refractivity (Wildman–Crippen MR) is 79.2 cm³/mol. The van der Waals surface area contributed by atoms with E-state index in [9.17, 15) is 4.79 Å². The first-order valence-electron chi connectivity index (χ1n) is 6.63. The van der Waals surface area contributed by atoms with Gasteiger partial charge in [-0.15, -0.1) is 0 Å². The van der Waals surface area contributed by atoms with Crippen LogP contribution in [-0.2, 0) is 16.1 Å². The molecule has 0 aliphatic rings. The van der Waals surface area contributed by atoms with Crippen LogP contribution in [0.1, 0.15) is 22.7 Å². The third kappa shape index (κ3) is 3.45. The van der Waals surface area contributed by atoms with Crippen LogP contribution in [0.3, 0.4) is 0 Å². The first-order chi connectivity index (χ1) is 9.72. The summed E-state index contributed by atoms with van der Waals surface area (Å²) in [7, 11) is 1.41. The second-order valence-electron chi connectivity index (χ2n) is 4.68. The van der Waals surface area contributed by atoms with Gasteiger partial charge in [0.25, 0.3) is 0 Å². The molecule has 20 heavy (non-hydrogen) atoms. The van der Waals surface area contributed by atoms with Gasteiger partial charge < -0.3 is 4.74 Å². The Morgan fingerprint density at radius 2 is 1.75 bits per heavy atom. The van der Waals surface area contributed by atoms with E-state index in [1.807, 2.05) is 61.5 Å². The van der Waals surface area contributed by atoms with Gasteiger partial charge in [0.05, 0.1) is 7.11 Å². The number of carbonyl (C=O) groups excluding carboxylic acids is 1. The van der Waals surface area contributed by atoms with Crippen molar-refractivity contribution < 1.29 is 9.53 Å². The van der Waals surface area contributed by atoms with E-state index in [0.29, 0.717) is 6.54 Å². The summed E-state index contributed by atoms with van der Waals surface area (Å²) >= 11 is 0. The molecule has 0 saturated carbocycles. The zero-order chi connectivity index (χ0) is 14.4. The second-order valence-corrected chi connectivity index (χ2v) is 4.68. The molecule has 0 spiro atoms. The van der Waals surface area contributed by atoms with Gasteiger partial charge in [0, 0.05) is 6.54 Å². The quantitative estimate of drug-likeness (QED) is 0.848. The molecule has 3 heteroatoms. The third-order valence-electron chi connectivity index (χ3n) is 3.29. The summed E-state index contributed by atoms with van der Waals surface area (Å²) in [6, 6.07) is 17.4. The standard InChI is InChI=1S/C17H19NO2/c1-13-8-6-7-11-15(13)16(17(19)20-2)18-12-14-9-4-3-5-10-14/h3-11,16,18H,12H2,1-2H3. The van der Waals surface area contributed by atoms with Crippen molar-refractivity contribution >= 4 is 5.97 Å². The number of benzene rings is 2. The topological polar surface area (TPSA) is 38.3 Å². The maximum atomic E-state index is 12.0. The highest BCUT2D eigenvalue weighted by molar-refractivity contribution is 5.78. The number of esters is 1. The van der Waals surface area contributed by atoms with Crippen molar-refractivity contribution in [3.05, 3.63) is 71.3 Å². The average Bonchev–Trinajstić information content (AvgIpc) is 2.50. The lowest BCUT2D eigenvalue weighted by atomic mass is 10.0. The van der Waals surface area contributed by atoms with Crippen molar-refractivity contribution in [2.24, 2.45) is 0 Å². The second kappa shape index (κ2) is 6.87. The molecule has 0 amide bonds. The number of nitrogens with one attached hydrogen (secondary N) is 1. The molecule has 0 heterocycles. The molecule has 0 bridgehead atoms. The van der Waals surface area contributed by atoms with Crippen molar-refractivity contribution in [2.75, 3.05) is 7.11 Å². The molecule has 1 atom stereocenters. The summed E-state index contributed by atoms with van der Waals surface area (Å²) in [4.78, 5) is 12.0. The zero-order valence-corrected chi connectivity index (χ0v) is 11.8. The lowest BCUT2D eigenvalue weighted by Gasteiger charge is -2.18. The zero-order valence-electron chi connectivity index (χ0n) is 11.8. The fourth-order valence-electron chi connectivity index (χ4n) is 2.16. The van der Waals surface area contributed by atoms with Gasteiger partial charge in [-0.1, -0.05) is 54.6 Å². The lowest BCUT2D eigenvalue weighted by molar-refractivity contribution is -0.143. The highest BCUT2D eigenvalue weighted by Crippen LogP contribution is 2.19. The Hall–Kier alpha value is -2.13. The van der Waals surface area contributed by atoms with Crippen LogP contribution in [0.25, 0.3) is 0 Å². The Kier molecular flexibility index (Phi) is 4.91. The van der Waals surface area contributed by atoms with E-state index in [-0.39, 0.29) is 5.97 Å². The highest BCUT2D eigenvalue weighted by Gasteiger charge is 2.22. The van der Waals surface area contributed by atoms with Crippen molar-refractivity contribution in [1.82, 2.24) is 5.32 Å². The number of ether oxygens (including phenoxy) is 1. The predicted octanol–water partition coefficient (Wildman–Crippen LogP) is 3.00. The van der Waals surface area contributed by atoms with E-state index in [4.69, 9.17) is 4.74 Å².